The quantitative estimate of drug-likeness (QED) is 0.662. The minimum Gasteiger partial charge on any atom is -0.737 e. The van der Waals surface area contributed by atoms with Crippen molar-refractivity contribution in [3.05, 3.63) is 35.4 Å². The summed E-state index contributed by atoms with van der Waals surface area (Å²) >= 11 is 8.81. The van der Waals surface area contributed by atoms with Crippen LogP contribution in [0.2, 0.25) is 0 Å². The Morgan fingerprint density at radius 3 is 1.25 bits per heavy atom. The van der Waals surface area contributed by atoms with E-state index in [2.05, 4.69) is 25.3 Å². The van der Waals surface area contributed by atoms with Gasteiger partial charge in [0.25, 0.3) is 0 Å². The van der Waals surface area contributed by atoms with Crippen LogP contribution in [-0.2, 0) is 25.3 Å². The molecule has 0 aromatic heterocycles. The zero-order valence-corrected chi connectivity index (χ0v) is 7.58. The van der Waals surface area contributed by atoms with Gasteiger partial charge in [0.15, 0.2) is 0 Å². The van der Waals surface area contributed by atoms with Crippen LogP contribution in [0.25, 0.3) is 0 Å². The lowest BCUT2D eigenvalue weighted by molar-refractivity contribution is 0.107. The molecule has 4 heteroatoms. The minimum absolute atomic E-state index is 0.407. The summed E-state index contributed by atoms with van der Waals surface area (Å²) in [4.78, 5) is 21.3. The fourth-order valence-electron chi connectivity index (χ4n) is 0.742. The van der Waals surface area contributed by atoms with E-state index in [1.807, 2.05) is 0 Å². The predicted molar refractivity (Wildman–Crippen MR) is 49.8 cm³/mol. The molecule has 0 bridgehead atoms. The van der Waals surface area contributed by atoms with Crippen LogP contribution < -0.4 is 0 Å². The summed E-state index contributed by atoms with van der Waals surface area (Å²) in [5, 5.41) is -0.864. The van der Waals surface area contributed by atoms with Gasteiger partial charge in [0, 0.05) is 10.2 Å². The molecule has 2 nitrogen and oxygen atoms in total. The maximum absolute atomic E-state index is 10.6. The van der Waals surface area contributed by atoms with Gasteiger partial charge in [-0.3, -0.25) is 0 Å². The fourth-order valence-corrected chi connectivity index (χ4v) is 1.01. The van der Waals surface area contributed by atoms with Gasteiger partial charge < -0.3 is 34.8 Å². The maximum atomic E-state index is 10.6. The van der Waals surface area contributed by atoms with Crippen molar-refractivity contribution < 1.29 is 9.59 Å². The number of hydrogen-bond acceptors (Lipinski definition) is 4. The van der Waals surface area contributed by atoms with Crippen molar-refractivity contribution in [2.24, 2.45) is 0 Å². The Balaban J connectivity index is 3.01. The molecule has 1 aromatic carbocycles. The summed E-state index contributed by atoms with van der Waals surface area (Å²) in [5.74, 6) is 0. The molecule has 0 amide bonds. The lowest BCUT2D eigenvalue weighted by atomic mass is 10.2. The average Bonchev–Trinajstić information content (AvgIpc) is 2.04. The Labute approximate surface area is 80.8 Å². The minimum atomic E-state index is -0.432. The highest BCUT2D eigenvalue weighted by Crippen LogP contribution is 2.04. The number of rotatable bonds is 2. The highest BCUT2D eigenvalue weighted by Gasteiger charge is 1.93. The summed E-state index contributed by atoms with van der Waals surface area (Å²) in [5.41, 5.74) is 0.815. The van der Waals surface area contributed by atoms with Crippen molar-refractivity contribution in [2.75, 3.05) is 0 Å². The molecule has 62 valence electrons. The molecule has 0 atom stereocenters. The van der Waals surface area contributed by atoms with Gasteiger partial charge in [0.1, 0.15) is 0 Å². The zero-order valence-electron chi connectivity index (χ0n) is 5.94. The lowest BCUT2D eigenvalue weighted by Gasteiger charge is -2.06. The van der Waals surface area contributed by atoms with Gasteiger partial charge in [-0.05, 0) is 11.1 Å². The molecule has 1 aromatic rings. The van der Waals surface area contributed by atoms with Crippen molar-refractivity contribution in [3.63, 3.8) is 0 Å². The third-order valence-corrected chi connectivity index (χ3v) is 1.83. The molecule has 0 saturated carbocycles. The molecule has 0 radical (unpaired) electrons. The summed E-state index contributed by atoms with van der Waals surface area (Å²) in [6, 6.07) is 5.98. The van der Waals surface area contributed by atoms with E-state index >= 15 is 0 Å². The van der Waals surface area contributed by atoms with E-state index in [9.17, 15) is 9.59 Å². The molecule has 0 aliphatic heterocycles. The highest BCUT2D eigenvalue weighted by molar-refractivity contribution is 7.78. The summed E-state index contributed by atoms with van der Waals surface area (Å²) in [7, 11) is 0. The van der Waals surface area contributed by atoms with Gasteiger partial charge >= 0.3 is 0 Å². The van der Waals surface area contributed by atoms with Crippen LogP contribution in [0, 0.1) is 0 Å². The Morgan fingerprint density at radius 1 is 0.833 bits per heavy atom. The Bertz CT molecular complexity index is 283. The molecule has 0 aliphatic rings. The van der Waals surface area contributed by atoms with E-state index in [1.54, 1.807) is 0 Å². The Morgan fingerprint density at radius 2 is 1.08 bits per heavy atom. The van der Waals surface area contributed by atoms with E-state index in [-0.39, 0.29) is 0 Å². The van der Waals surface area contributed by atoms with E-state index < -0.39 is 10.2 Å². The first-order chi connectivity index (χ1) is 5.61. The lowest BCUT2D eigenvalue weighted by Crippen LogP contribution is -1.96. The van der Waals surface area contributed by atoms with E-state index in [0.29, 0.717) is 11.1 Å². The Kier molecular flexibility index (Phi) is 2.73. The van der Waals surface area contributed by atoms with Gasteiger partial charge in [-0.1, -0.05) is 24.3 Å². The highest BCUT2D eigenvalue weighted by atomic mass is 32.1. The van der Waals surface area contributed by atoms with Gasteiger partial charge in [0.2, 0.25) is 0 Å². The monoisotopic (exact) mass is 196 g/mol. The molecule has 0 saturated heterocycles. The predicted octanol–water partition coefficient (Wildman–Crippen LogP) is 1.06. The van der Waals surface area contributed by atoms with E-state index in [0.717, 1.165) is 0 Å². The van der Waals surface area contributed by atoms with Crippen molar-refractivity contribution in [2.45, 2.75) is 0 Å². The second-order valence-corrected chi connectivity index (χ2v) is 2.89. The first-order valence-corrected chi connectivity index (χ1v) is 3.95. The molecular weight excluding hydrogens is 192 g/mol. The van der Waals surface area contributed by atoms with Crippen LogP contribution in [0.15, 0.2) is 24.3 Å². The molecule has 0 aliphatic carbocycles. The third kappa shape index (κ3) is 1.99. The molecule has 12 heavy (non-hydrogen) atoms. The molecular formula is C8H4O2S2-2. The SMILES string of the molecule is O=C([S-])c1ccc(C(=O)[S-])cc1. The van der Waals surface area contributed by atoms with Crippen molar-refractivity contribution in [1.29, 1.82) is 0 Å². The second kappa shape index (κ2) is 3.60. The van der Waals surface area contributed by atoms with Crippen molar-refractivity contribution in [3.8, 4) is 0 Å². The van der Waals surface area contributed by atoms with Crippen LogP contribution in [0.1, 0.15) is 20.7 Å². The average molecular weight is 196 g/mol. The van der Waals surface area contributed by atoms with Crippen LogP contribution >= 0.6 is 0 Å². The van der Waals surface area contributed by atoms with Crippen LogP contribution in [0.4, 0.5) is 0 Å². The molecule has 1 rings (SSSR count). The van der Waals surface area contributed by atoms with Gasteiger partial charge in [-0.25, -0.2) is 0 Å². The molecule has 0 spiro atoms. The number of hydrogen-bond donors (Lipinski definition) is 0. The van der Waals surface area contributed by atoms with Crippen LogP contribution in [0.3, 0.4) is 0 Å². The first kappa shape index (κ1) is 9.09. The van der Waals surface area contributed by atoms with Crippen molar-refractivity contribution in [1.82, 2.24) is 0 Å². The van der Waals surface area contributed by atoms with Gasteiger partial charge in [-0.2, -0.15) is 0 Å². The topological polar surface area (TPSA) is 34.1 Å². The third-order valence-electron chi connectivity index (χ3n) is 1.36. The summed E-state index contributed by atoms with van der Waals surface area (Å²) in [6.45, 7) is 0. The molecule has 0 unspecified atom stereocenters. The molecule has 0 fully saturated rings. The fraction of sp³-hybridized carbons (Fsp3) is 0. The van der Waals surface area contributed by atoms with Crippen molar-refractivity contribution >= 4 is 35.5 Å². The number of carbonyl (C=O) groups is 2. The van der Waals surface area contributed by atoms with E-state index in [4.69, 9.17) is 0 Å². The van der Waals surface area contributed by atoms with Gasteiger partial charge in [-0.15, -0.1) is 0 Å². The van der Waals surface area contributed by atoms with Gasteiger partial charge in [0.05, 0.1) is 0 Å². The number of carbonyl (C=O) groups excluding carboxylic acids is 2. The van der Waals surface area contributed by atoms with Crippen LogP contribution in [0.5, 0.6) is 0 Å². The maximum Gasteiger partial charge on any atom is 0.0422 e. The standard InChI is InChI=1S/C8H6O2S2/c9-7(11)5-1-2-6(4-3-5)8(10)12/h1-4H,(H,9,11)(H,10,12)/p-2. The van der Waals surface area contributed by atoms with E-state index in [1.165, 1.54) is 24.3 Å². The largest absolute Gasteiger partial charge is 0.737 e. The summed E-state index contributed by atoms with van der Waals surface area (Å²) < 4.78 is 0. The molecule has 0 N–H and O–H groups in total. The zero-order chi connectivity index (χ0) is 9.14. The normalized spacial score (nSPS) is 9.33. The Hall–Kier alpha value is -1.00. The first-order valence-electron chi connectivity index (χ1n) is 3.14. The molecule has 0 heterocycles. The second-order valence-electron chi connectivity index (χ2n) is 2.15. The number of benzene rings is 1. The smallest absolute Gasteiger partial charge is 0.0422 e. The van der Waals surface area contributed by atoms with Crippen LogP contribution in [-0.4, -0.2) is 10.2 Å². The summed E-state index contributed by atoms with van der Waals surface area (Å²) in [6.07, 6.45) is 0.